The third-order valence-electron chi connectivity index (χ3n) is 1.54. The molecule has 1 atom stereocenters. The van der Waals surface area contributed by atoms with Crippen LogP contribution >= 0.6 is 11.8 Å². The van der Waals surface area contributed by atoms with Gasteiger partial charge in [0.25, 0.3) is 0 Å². The smallest absolute Gasteiger partial charge is 0.333 e. The minimum atomic E-state index is -0.688. The van der Waals surface area contributed by atoms with Gasteiger partial charge in [0.05, 0.1) is 19.8 Å². The molecule has 0 amide bonds. The van der Waals surface area contributed by atoms with Crippen molar-refractivity contribution in [2.24, 2.45) is 0 Å². The lowest BCUT2D eigenvalue weighted by molar-refractivity contribution is -0.136. The number of ether oxygens (including phenoxy) is 1. The molecule has 0 aliphatic rings. The van der Waals surface area contributed by atoms with Gasteiger partial charge in [-0.3, -0.25) is 0 Å². The van der Waals surface area contributed by atoms with Crippen molar-refractivity contribution in [2.45, 2.75) is 13.0 Å². The third kappa shape index (κ3) is 6.01. The standard InChI is InChI=1S/C9H16O4S/c1-7(9(12)13-2)3-4-14-6-8(11)5-10/h3,8,10-11H,4-6H2,1-2H3. The van der Waals surface area contributed by atoms with E-state index in [-0.39, 0.29) is 12.6 Å². The van der Waals surface area contributed by atoms with Gasteiger partial charge in [0.15, 0.2) is 0 Å². The number of rotatable bonds is 6. The van der Waals surface area contributed by atoms with E-state index in [0.717, 1.165) is 0 Å². The van der Waals surface area contributed by atoms with Crippen LogP contribution in [0.3, 0.4) is 0 Å². The van der Waals surface area contributed by atoms with Crippen molar-refractivity contribution in [3.05, 3.63) is 11.6 Å². The molecule has 2 N–H and O–H groups in total. The Bertz CT molecular complexity index is 203. The molecule has 82 valence electrons. The summed E-state index contributed by atoms with van der Waals surface area (Å²) in [7, 11) is 1.34. The first-order chi connectivity index (χ1) is 6.61. The van der Waals surface area contributed by atoms with Gasteiger partial charge in [-0.15, -0.1) is 0 Å². The zero-order valence-electron chi connectivity index (χ0n) is 8.40. The predicted molar refractivity (Wildman–Crippen MR) is 56.2 cm³/mol. The van der Waals surface area contributed by atoms with E-state index in [1.807, 2.05) is 0 Å². The highest BCUT2D eigenvalue weighted by molar-refractivity contribution is 7.99. The fourth-order valence-corrected chi connectivity index (χ4v) is 1.57. The number of thioether (sulfide) groups is 1. The highest BCUT2D eigenvalue weighted by Gasteiger charge is 2.03. The topological polar surface area (TPSA) is 66.8 Å². The SMILES string of the molecule is COC(=O)C(C)=CCSCC(O)CO. The van der Waals surface area contributed by atoms with Crippen molar-refractivity contribution >= 4 is 17.7 Å². The van der Waals surface area contributed by atoms with Gasteiger partial charge >= 0.3 is 5.97 Å². The van der Waals surface area contributed by atoms with Gasteiger partial charge in [0, 0.05) is 17.1 Å². The maximum Gasteiger partial charge on any atom is 0.333 e. The molecule has 1 unspecified atom stereocenters. The number of esters is 1. The van der Waals surface area contributed by atoms with Crippen LogP contribution in [0.1, 0.15) is 6.92 Å². The minimum absolute atomic E-state index is 0.229. The molecule has 4 nitrogen and oxygen atoms in total. The molecule has 0 aromatic heterocycles. The van der Waals surface area contributed by atoms with Gasteiger partial charge in [-0.1, -0.05) is 6.08 Å². The van der Waals surface area contributed by atoms with E-state index in [1.54, 1.807) is 13.0 Å². The average Bonchev–Trinajstić information content (AvgIpc) is 2.22. The van der Waals surface area contributed by atoms with Crippen molar-refractivity contribution in [3.8, 4) is 0 Å². The first-order valence-corrected chi connectivity index (χ1v) is 5.39. The summed E-state index contributed by atoms with van der Waals surface area (Å²) in [6, 6.07) is 0. The summed E-state index contributed by atoms with van der Waals surface area (Å²) in [5, 5.41) is 17.5. The molecule has 0 aromatic rings. The molecule has 0 aromatic carbocycles. The highest BCUT2D eigenvalue weighted by Crippen LogP contribution is 2.05. The van der Waals surface area contributed by atoms with Crippen LogP contribution in [-0.2, 0) is 9.53 Å². The van der Waals surface area contributed by atoms with E-state index in [0.29, 0.717) is 17.1 Å². The number of aliphatic hydroxyl groups is 2. The van der Waals surface area contributed by atoms with E-state index < -0.39 is 6.10 Å². The molecule has 0 fully saturated rings. The molecule has 0 heterocycles. The summed E-state index contributed by atoms with van der Waals surface area (Å²) >= 11 is 1.45. The molecule has 0 saturated carbocycles. The van der Waals surface area contributed by atoms with Crippen molar-refractivity contribution in [3.63, 3.8) is 0 Å². The van der Waals surface area contributed by atoms with Crippen molar-refractivity contribution in [2.75, 3.05) is 25.2 Å². The Labute approximate surface area is 88.0 Å². The average molecular weight is 220 g/mol. The molecule has 5 heteroatoms. The molecule has 0 aliphatic heterocycles. The van der Waals surface area contributed by atoms with Crippen LogP contribution in [0.4, 0.5) is 0 Å². The Kier molecular flexibility index (Phi) is 7.55. The van der Waals surface area contributed by atoms with Crippen LogP contribution in [0.15, 0.2) is 11.6 Å². The Balaban J connectivity index is 3.66. The summed E-state index contributed by atoms with van der Waals surface area (Å²) in [5.74, 6) is 0.743. The number of hydrogen-bond donors (Lipinski definition) is 2. The van der Waals surface area contributed by atoms with Crippen molar-refractivity contribution in [1.82, 2.24) is 0 Å². The zero-order chi connectivity index (χ0) is 11.0. The highest BCUT2D eigenvalue weighted by atomic mass is 32.2. The molecule has 0 radical (unpaired) electrons. The number of carbonyl (C=O) groups is 1. The van der Waals surface area contributed by atoms with Crippen molar-refractivity contribution in [1.29, 1.82) is 0 Å². The summed E-state index contributed by atoms with van der Waals surface area (Å²) in [4.78, 5) is 10.9. The van der Waals surface area contributed by atoms with Gasteiger partial charge in [-0.05, 0) is 6.92 Å². The molecule has 0 rings (SSSR count). The Morgan fingerprint density at radius 2 is 2.29 bits per heavy atom. The van der Waals surface area contributed by atoms with Crippen molar-refractivity contribution < 1.29 is 19.7 Å². The largest absolute Gasteiger partial charge is 0.466 e. The van der Waals surface area contributed by atoms with Gasteiger partial charge in [-0.25, -0.2) is 4.79 Å². The van der Waals surface area contributed by atoms with Gasteiger partial charge in [-0.2, -0.15) is 11.8 Å². The van der Waals surface area contributed by atoms with E-state index >= 15 is 0 Å². The second-order valence-corrected chi connectivity index (χ2v) is 3.83. The Morgan fingerprint density at radius 3 is 2.79 bits per heavy atom. The Hall–Kier alpha value is -0.520. The lowest BCUT2D eigenvalue weighted by atomic mass is 10.3. The normalized spacial score (nSPS) is 13.9. The summed E-state index contributed by atoms with van der Waals surface area (Å²) in [5.41, 5.74) is 0.554. The fourth-order valence-electron chi connectivity index (χ4n) is 0.685. The van der Waals surface area contributed by atoms with E-state index in [4.69, 9.17) is 10.2 Å². The molecular formula is C9H16O4S. The van der Waals surface area contributed by atoms with Gasteiger partial charge in [0.1, 0.15) is 0 Å². The first kappa shape index (κ1) is 13.5. The monoisotopic (exact) mass is 220 g/mol. The van der Waals surface area contributed by atoms with Crippen LogP contribution < -0.4 is 0 Å². The van der Waals surface area contributed by atoms with Crippen LogP contribution in [0.2, 0.25) is 0 Å². The maximum absolute atomic E-state index is 10.9. The van der Waals surface area contributed by atoms with Crippen LogP contribution in [0, 0.1) is 0 Å². The van der Waals surface area contributed by atoms with E-state index in [2.05, 4.69) is 4.74 Å². The molecule has 0 spiro atoms. The lowest BCUT2D eigenvalue weighted by Crippen LogP contribution is -2.14. The van der Waals surface area contributed by atoms with Crippen LogP contribution in [0.25, 0.3) is 0 Å². The maximum atomic E-state index is 10.9. The number of methoxy groups -OCH3 is 1. The number of hydrogen-bond acceptors (Lipinski definition) is 5. The summed E-state index contributed by atoms with van der Waals surface area (Å²) < 4.78 is 4.51. The second-order valence-electron chi connectivity index (χ2n) is 2.75. The summed E-state index contributed by atoms with van der Waals surface area (Å²) in [6.07, 6.45) is 1.05. The van der Waals surface area contributed by atoms with E-state index in [9.17, 15) is 4.79 Å². The third-order valence-corrected chi connectivity index (χ3v) is 2.56. The Morgan fingerprint density at radius 1 is 1.64 bits per heavy atom. The van der Waals surface area contributed by atoms with Gasteiger partial charge < -0.3 is 14.9 Å². The quantitative estimate of drug-likeness (QED) is 0.380. The number of carbonyl (C=O) groups excluding carboxylic acids is 1. The van der Waals surface area contributed by atoms with Crippen LogP contribution in [-0.4, -0.2) is 47.5 Å². The van der Waals surface area contributed by atoms with Gasteiger partial charge in [0.2, 0.25) is 0 Å². The molecule has 0 saturated heterocycles. The predicted octanol–water partition coefficient (Wildman–Crippen LogP) is 0.192. The lowest BCUT2D eigenvalue weighted by Gasteiger charge is -2.04. The second kappa shape index (κ2) is 7.84. The minimum Gasteiger partial charge on any atom is -0.466 e. The molecule has 0 aliphatic carbocycles. The van der Waals surface area contributed by atoms with Crippen LogP contribution in [0.5, 0.6) is 0 Å². The zero-order valence-corrected chi connectivity index (χ0v) is 9.21. The summed E-state index contributed by atoms with van der Waals surface area (Å²) in [6.45, 7) is 1.45. The first-order valence-electron chi connectivity index (χ1n) is 4.23. The fraction of sp³-hybridized carbons (Fsp3) is 0.667. The number of aliphatic hydroxyl groups excluding tert-OH is 2. The molecule has 14 heavy (non-hydrogen) atoms. The molecule has 0 bridgehead atoms. The van der Waals surface area contributed by atoms with E-state index in [1.165, 1.54) is 18.9 Å². The molecular weight excluding hydrogens is 204 g/mol.